The molecular weight excluding hydrogens is 306 g/mol. The third-order valence-electron chi connectivity index (χ3n) is 5.29. The molecule has 2 aromatic rings. The van der Waals surface area contributed by atoms with E-state index in [1.165, 1.54) is 19.3 Å². The molecule has 0 amide bonds. The zero-order chi connectivity index (χ0) is 16.2. The van der Waals surface area contributed by atoms with Crippen molar-refractivity contribution >= 4 is 33.9 Å². The molecular formula is C18H23N3OS. The average molecular weight is 329 g/mol. The normalized spacial score (nSPS) is 29.0. The fourth-order valence-electron chi connectivity index (χ4n) is 4.83. The number of fused-ring (bicyclic) bond motifs is 3. The number of nitrogens with one attached hydrogen (secondary N) is 1. The zero-order valence-electron chi connectivity index (χ0n) is 13.9. The Morgan fingerprint density at radius 2 is 2.17 bits per heavy atom. The van der Waals surface area contributed by atoms with Crippen LogP contribution in [0.2, 0.25) is 0 Å². The lowest BCUT2D eigenvalue weighted by molar-refractivity contribution is 0.132. The van der Waals surface area contributed by atoms with Crippen LogP contribution < -0.4 is 5.32 Å². The number of aromatic nitrogens is 1. The van der Waals surface area contributed by atoms with Gasteiger partial charge in [0, 0.05) is 23.7 Å². The van der Waals surface area contributed by atoms with Gasteiger partial charge < -0.3 is 14.7 Å². The van der Waals surface area contributed by atoms with Crippen LogP contribution in [0.3, 0.4) is 0 Å². The van der Waals surface area contributed by atoms with Gasteiger partial charge in [0.15, 0.2) is 5.11 Å². The van der Waals surface area contributed by atoms with Gasteiger partial charge in [0.1, 0.15) is 11.8 Å². The minimum Gasteiger partial charge on any atom is -0.364 e. The number of hydrogen-bond acceptors (Lipinski definition) is 3. The van der Waals surface area contributed by atoms with Gasteiger partial charge in [-0.1, -0.05) is 25.9 Å². The summed E-state index contributed by atoms with van der Waals surface area (Å²) >= 11 is 5.72. The SMILES string of the molecule is CC1(C)C[C@H]2C[C@@](C)(CN2C(=S)Nc2ccc3conc3c2)C1. The highest BCUT2D eigenvalue weighted by molar-refractivity contribution is 7.80. The van der Waals surface area contributed by atoms with Crippen LogP contribution in [0, 0.1) is 10.8 Å². The Kier molecular flexibility index (Phi) is 3.21. The van der Waals surface area contributed by atoms with Crippen molar-refractivity contribution in [1.82, 2.24) is 10.1 Å². The third kappa shape index (κ3) is 2.71. The number of thiocarbonyl (C=S) groups is 1. The third-order valence-corrected chi connectivity index (χ3v) is 5.62. The van der Waals surface area contributed by atoms with E-state index in [1.54, 1.807) is 6.26 Å². The number of nitrogens with zero attached hydrogens (tertiary/aromatic N) is 2. The van der Waals surface area contributed by atoms with Crippen molar-refractivity contribution in [3.63, 3.8) is 0 Å². The summed E-state index contributed by atoms with van der Waals surface area (Å²) in [5.41, 5.74) is 2.61. The highest BCUT2D eigenvalue weighted by atomic mass is 32.1. The largest absolute Gasteiger partial charge is 0.364 e. The van der Waals surface area contributed by atoms with Crippen LogP contribution in [-0.4, -0.2) is 27.8 Å². The van der Waals surface area contributed by atoms with Gasteiger partial charge in [0.25, 0.3) is 0 Å². The van der Waals surface area contributed by atoms with Gasteiger partial charge in [-0.05, 0) is 60.5 Å². The van der Waals surface area contributed by atoms with Gasteiger partial charge >= 0.3 is 0 Å². The van der Waals surface area contributed by atoms with Crippen molar-refractivity contribution in [2.75, 3.05) is 11.9 Å². The molecule has 1 aliphatic carbocycles. The molecule has 4 rings (SSSR count). The first-order chi connectivity index (χ1) is 10.8. The predicted octanol–water partition coefficient (Wildman–Crippen LogP) is 4.43. The molecule has 5 heteroatoms. The molecule has 1 aromatic heterocycles. The van der Waals surface area contributed by atoms with Crippen molar-refractivity contribution in [3.8, 4) is 0 Å². The Balaban J connectivity index is 1.53. The van der Waals surface area contributed by atoms with E-state index in [-0.39, 0.29) is 0 Å². The van der Waals surface area contributed by atoms with Gasteiger partial charge in [0.05, 0.1) is 0 Å². The van der Waals surface area contributed by atoms with Crippen LogP contribution in [0.25, 0.3) is 10.9 Å². The summed E-state index contributed by atoms with van der Waals surface area (Å²) in [7, 11) is 0. The highest BCUT2D eigenvalue weighted by Gasteiger charge is 2.50. The first-order valence-electron chi connectivity index (χ1n) is 8.26. The fraction of sp³-hybridized carbons (Fsp3) is 0.556. The van der Waals surface area contributed by atoms with E-state index in [4.69, 9.17) is 16.7 Å². The quantitative estimate of drug-likeness (QED) is 0.784. The van der Waals surface area contributed by atoms with Crippen molar-refractivity contribution in [3.05, 3.63) is 24.5 Å². The topological polar surface area (TPSA) is 41.3 Å². The molecule has 2 fully saturated rings. The summed E-state index contributed by atoms with van der Waals surface area (Å²) in [4.78, 5) is 2.40. The van der Waals surface area contributed by atoms with E-state index in [0.717, 1.165) is 28.2 Å². The Hall–Kier alpha value is -1.62. The Bertz CT molecular complexity index is 768. The van der Waals surface area contributed by atoms with Crippen LogP contribution in [0.4, 0.5) is 5.69 Å². The fourth-order valence-corrected chi connectivity index (χ4v) is 5.16. The monoisotopic (exact) mass is 329 g/mol. The first kappa shape index (κ1) is 14.9. The van der Waals surface area contributed by atoms with Crippen LogP contribution in [0.5, 0.6) is 0 Å². The van der Waals surface area contributed by atoms with E-state index in [2.05, 4.69) is 36.1 Å². The van der Waals surface area contributed by atoms with E-state index < -0.39 is 0 Å². The van der Waals surface area contributed by atoms with Gasteiger partial charge in [-0.2, -0.15) is 0 Å². The summed E-state index contributed by atoms with van der Waals surface area (Å²) < 4.78 is 5.00. The number of rotatable bonds is 1. The molecule has 0 spiro atoms. The molecule has 1 saturated carbocycles. The zero-order valence-corrected chi connectivity index (χ0v) is 14.7. The second-order valence-corrected chi connectivity index (χ2v) is 8.75. The van der Waals surface area contributed by atoms with Crippen molar-refractivity contribution in [2.45, 2.75) is 46.1 Å². The van der Waals surface area contributed by atoms with Crippen LogP contribution >= 0.6 is 12.2 Å². The second-order valence-electron chi connectivity index (χ2n) is 8.36. The molecule has 2 heterocycles. The summed E-state index contributed by atoms with van der Waals surface area (Å²) in [6.07, 6.45) is 5.40. The smallest absolute Gasteiger partial charge is 0.173 e. The summed E-state index contributed by atoms with van der Waals surface area (Å²) in [6.45, 7) is 8.23. The van der Waals surface area contributed by atoms with E-state index in [9.17, 15) is 0 Å². The highest BCUT2D eigenvalue weighted by Crippen LogP contribution is 2.52. The number of likely N-dealkylation sites (tertiary alicyclic amines) is 1. The first-order valence-corrected chi connectivity index (χ1v) is 8.66. The molecule has 2 atom stereocenters. The van der Waals surface area contributed by atoms with Crippen molar-refractivity contribution in [2.24, 2.45) is 10.8 Å². The minimum absolute atomic E-state index is 0.383. The minimum atomic E-state index is 0.383. The lowest BCUT2D eigenvalue weighted by Crippen LogP contribution is -2.39. The molecule has 1 N–H and O–H groups in total. The van der Waals surface area contributed by atoms with E-state index in [1.807, 2.05) is 18.2 Å². The predicted molar refractivity (Wildman–Crippen MR) is 96.5 cm³/mol. The van der Waals surface area contributed by atoms with Crippen molar-refractivity contribution in [1.29, 1.82) is 0 Å². The maximum Gasteiger partial charge on any atom is 0.173 e. The van der Waals surface area contributed by atoms with Gasteiger partial charge in [-0.25, -0.2) is 0 Å². The molecule has 1 aromatic carbocycles. The maximum absolute atomic E-state index is 5.72. The number of benzene rings is 1. The van der Waals surface area contributed by atoms with E-state index in [0.29, 0.717) is 16.9 Å². The van der Waals surface area contributed by atoms with Crippen LogP contribution in [0.15, 0.2) is 29.0 Å². The van der Waals surface area contributed by atoms with Crippen LogP contribution in [-0.2, 0) is 0 Å². The summed E-state index contributed by atoms with van der Waals surface area (Å²) in [6, 6.07) is 6.57. The lowest BCUT2D eigenvalue weighted by Gasteiger charge is -2.39. The molecule has 23 heavy (non-hydrogen) atoms. The van der Waals surface area contributed by atoms with E-state index >= 15 is 0 Å². The molecule has 2 aliphatic rings. The summed E-state index contributed by atoms with van der Waals surface area (Å²) in [5.74, 6) is 0. The van der Waals surface area contributed by atoms with Gasteiger partial charge in [0.2, 0.25) is 0 Å². The summed E-state index contributed by atoms with van der Waals surface area (Å²) in [5, 5.41) is 9.23. The molecule has 2 bridgehead atoms. The molecule has 1 saturated heterocycles. The number of hydrogen-bond donors (Lipinski definition) is 1. The Morgan fingerprint density at radius 3 is 3.00 bits per heavy atom. The number of anilines is 1. The second kappa shape index (κ2) is 4.94. The molecule has 1 aliphatic heterocycles. The lowest BCUT2D eigenvalue weighted by atomic mass is 9.65. The molecule has 0 unspecified atom stereocenters. The average Bonchev–Trinajstić information content (AvgIpc) is 2.99. The maximum atomic E-state index is 5.72. The Labute approximate surface area is 142 Å². The standard InChI is InChI=1S/C18H23N3OS/c1-17(2)7-14-8-18(3,10-17)11-21(14)16(23)19-13-5-4-12-9-22-20-15(12)6-13/h4-6,9,14H,7-8,10-11H2,1-3H3,(H,19,23)/t14-,18+/m0/s1. The molecule has 0 radical (unpaired) electrons. The molecule has 122 valence electrons. The molecule has 4 nitrogen and oxygen atoms in total. The van der Waals surface area contributed by atoms with Gasteiger partial charge in [-0.3, -0.25) is 0 Å². The van der Waals surface area contributed by atoms with Crippen molar-refractivity contribution < 1.29 is 4.52 Å². The van der Waals surface area contributed by atoms with Gasteiger partial charge in [-0.15, -0.1) is 0 Å². The van der Waals surface area contributed by atoms with Crippen LogP contribution in [0.1, 0.15) is 40.0 Å². The Morgan fingerprint density at radius 1 is 1.35 bits per heavy atom.